The quantitative estimate of drug-likeness (QED) is 0.429. The third-order valence-corrected chi connectivity index (χ3v) is 8.03. The van der Waals surface area contributed by atoms with Crippen LogP contribution >= 0.6 is 11.3 Å². The van der Waals surface area contributed by atoms with E-state index < -0.39 is 0 Å². The number of nitrogens with one attached hydrogen (secondary N) is 1. The molecule has 3 saturated carbocycles. The zero-order chi connectivity index (χ0) is 23.2. The van der Waals surface area contributed by atoms with Gasteiger partial charge in [0.1, 0.15) is 5.75 Å². The van der Waals surface area contributed by atoms with Crippen LogP contribution in [0.3, 0.4) is 0 Å². The minimum Gasteiger partial charge on any atom is -0.508 e. The molecule has 2 unspecified atom stereocenters. The van der Waals surface area contributed by atoms with Gasteiger partial charge < -0.3 is 10.0 Å². The van der Waals surface area contributed by atoms with Gasteiger partial charge in [-0.3, -0.25) is 5.43 Å². The van der Waals surface area contributed by atoms with E-state index >= 15 is 0 Å². The van der Waals surface area contributed by atoms with Gasteiger partial charge in [-0.05, 0) is 77.8 Å². The molecule has 170 valence electrons. The topological polar surface area (TPSA) is 60.8 Å². The van der Waals surface area contributed by atoms with Crippen molar-refractivity contribution in [2.75, 3.05) is 24.4 Å². The lowest BCUT2D eigenvalue weighted by atomic mass is 9.47. The van der Waals surface area contributed by atoms with Crippen LogP contribution in [0.2, 0.25) is 0 Å². The molecular formula is C27H30N4OS. The Morgan fingerprint density at radius 3 is 2.52 bits per heavy atom. The predicted molar refractivity (Wildman–Crippen MR) is 139 cm³/mol. The van der Waals surface area contributed by atoms with Crippen molar-refractivity contribution in [2.24, 2.45) is 22.4 Å². The van der Waals surface area contributed by atoms with Gasteiger partial charge >= 0.3 is 0 Å². The lowest BCUT2D eigenvalue weighted by molar-refractivity contribution is 0.0143. The monoisotopic (exact) mass is 458 g/mol. The predicted octanol–water partition coefficient (Wildman–Crippen LogP) is 6.50. The molecule has 5 nitrogen and oxygen atoms in total. The average molecular weight is 459 g/mol. The Bertz CT molecular complexity index is 1210. The van der Waals surface area contributed by atoms with Gasteiger partial charge in [0.25, 0.3) is 0 Å². The molecule has 3 aliphatic carbocycles. The molecule has 33 heavy (non-hydrogen) atoms. The van der Waals surface area contributed by atoms with Gasteiger partial charge in [0.05, 0.1) is 11.4 Å². The maximum Gasteiger partial charge on any atom is 0.203 e. The largest absolute Gasteiger partial charge is 0.508 e. The Labute approximate surface area is 199 Å². The maximum atomic E-state index is 9.52. The summed E-state index contributed by atoms with van der Waals surface area (Å²) in [6.45, 7) is 4.74. The fourth-order valence-corrected chi connectivity index (χ4v) is 5.63. The molecule has 0 aliphatic heterocycles. The molecule has 2 atom stereocenters. The number of nitrogens with zero attached hydrogens (tertiary/aromatic N) is 3. The summed E-state index contributed by atoms with van der Waals surface area (Å²) in [5.41, 5.74) is 10.3. The Hall–Kier alpha value is -3.12. The highest BCUT2D eigenvalue weighted by Crippen LogP contribution is 2.59. The smallest absolute Gasteiger partial charge is 0.203 e. The fraction of sp³-hybridized carbons (Fsp3) is 0.333. The Morgan fingerprint density at radius 1 is 1.12 bits per heavy atom. The first kappa shape index (κ1) is 21.7. The van der Waals surface area contributed by atoms with Crippen molar-refractivity contribution in [2.45, 2.75) is 26.7 Å². The summed E-state index contributed by atoms with van der Waals surface area (Å²) < 4.78 is 0. The number of phenols is 1. The zero-order valence-electron chi connectivity index (χ0n) is 19.5. The van der Waals surface area contributed by atoms with Crippen LogP contribution < -0.4 is 10.3 Å². The van der Waals surface area contributed by atoms with E-state index in [2.05, 4.69) is 68.6 Å². The number of hydrogen-bond donors (Lipinski definition) is 2. The number of benzene rings is 2. The van der Waals surface area contributed by atoms with Gasteiger partial charge in [-0.2, -0.15) is 5.10 Å². The van der Waals surface area contributed by atoms with E-state index in [0.29, 0.717) is 5.92 Å². The molecule has 6 heteroatoms. The van der Waals surface area contributed by atoms with Crippen LogP contribution in [-0.2, 0) is 0 Å². The molecule has 1 heterocycles. The van der Waals surface area contributed by atoms with Gasteiger partial charge in [0.2, 0.25) is 5.13 Å². The minimum absolute atomic E-state index is 0.258. The molecule has 2 bridgehead atoms. The van der Waals surface area contributed by atoms with Crippen molar-refractivity contribution in [3.05, 3.63) is 65.0 Å². The van der Waals surface area contributed by atoms with Crippen molar-refractivity contribution in [1.82, 2.24) is 4.98 Å². The van der Waals surface area contributed by atoms with Crippen LogP contribution in [0.4, 0.5) is 10.8 Å². The number of fused-ring (bicyclic) bond motifs is 2. The van der Waals surface area contributed by atoms with Crippen LogP contribution in [-0.4, -0.2) is 29.9 Å². The first-order valence-corrected chi connectivity index (χ1v) is 12.3. The van der Waals surface area contributed by atoms with Crippen molar-refractivity contribution in [3.63, 3.8) is 0 Å². The summed E-state index contributed by atoms with van der Waals surface area (Å²) >= 11 is 1.54. The average Bonchev–Trinajstić information content (AvgIpc) is 3.28. The Balaban J connectivity index is 1.40. The lowest BCUT2D eigenvalue weighted by Gasteiger charge is -2.57. The number of allylic oxidation sites excluding steroid dienone is 1. The van der Waals surface area contributed by atoms with E-state index in [0.717, 1.165) is 28.7 Å². The summed E-state index contributed by atoms with van der Waals surface area (Å²) in [7, 11) is 4.12. The number of aromatic nitrogens is 1. The van der Waals surface area contributed by atoms with Gasteiger partial charge in [0, 0.05) is 36.6 Å². The maximum absolute atomic E-state index is 9.52. The van der Waals surface area contributed by atoms with Gasteiger partial charge in [-0.25, -0.2) is 4.98 Å². The van der Waals surface area contributed by atoms with E-state index in [1.807, 2.05) is 17.5 Å². The molecule has 0 spiro atoms. The number of thiazole rings is 1. The SMILES string of the molecule is CN(C)c1ccc(C=C2CC3CC(C2=NNc2nc(-c4ccc(O)cc4)cs2)C3(C)C)cc1. The summed E-state index contributed by atoms with van der Waals surface area (Å²) in [5, 5.41) is 17.2. The van der Waals surface area contributed by atoms with Crippen LogP contribution in [0, 0.1) is 17.3 Å². The molecule has 2 N–H and O–H groups in total. The molecule has 3 fully saturated rings. The molecule has 3 aromatic rings. The zero-order valence-corrected chi connectivity index (χ0v) is 20.4. The van der Waals surface area contributed by atoms with E-state index in [1.165, 1.54) is 29.0 Å². The molecule has 6 rings (SSSR count). The highest BCUT2D eigenvalue weighted by molar-refractivity contribution is 7.14. The highest BCUT2D eigenvalue weighted by atomic mass is 32.1. The van der Waals surface area contributed by atoms with Crippen LogP contribution in [0.5, 0.6) is 5.75 Å². The number of hydrogen-bond acceptors (Lipinski definition) is 6. The molecular weight excluding hydrogens is 428 g/mol. The molecule has 0 radical (unpaired) electrons. The first-order chi connectivity index (χ1) is 15.8. The van der Waals surface area contributed by atoms with Crippen LogP contribution in [0.1, 0.15) is 32.3 Å². The third-order valence-electron chi connectivity index (χ3n) is 7.29. The van der Waals surface area contributed by atoms with E-state index in [9.17, 15) is 5.11 Å². The number of aromatic hydroxyl groups is 1. The summed E-state index contributed by atoms with van der Waals surface area (Å²) in [5.74, 6) is 1.44. The van der Waals surface area contributed by atoms with Crippen LogP contribution in [0.25, 0.3) is 17.3 Å². The van der Waals surface area contributed by atoms with Crippen molar-refractivity contribution in [1.29, 1.82) is 0 Å². The highest BCUT2D eigenvalue weighted by Gasteiger charge is 2.54. The molecule has 1 aromatic heterocycles. The first-order valence-electron chi connectivity index (χ1n) is 11.4. The number of rotatable bonds is 5. The van der Waals surface area contributed by atoms with E-state index in [4.69, 9.17) is 10.1 Å². The second-order valence-corrected chi connectivity index (χ2v) is 10.7. The number of phenolic OH excluding ortho intramolecular Hbond substituents is 1. The number of hydrazone groups is 1. The summed E-state index contributed by atoms with van der Waals surface area (Å²) in [6, 6.07) is 15.8. The van der Waals surface area contributed by atoms with Crippen molar-refractivity contribution >= 4 is 33.9 Å². The summed E-state index contributed by atoms with van der Waals surface area (Å²) in [6.07, 6.45) is 4.58. The van der Waals surface area contributed by atoms with E-state index in [1.54, 1.807) is 23.5 Å². The molecule has 2 aromatic carbocycles. The second kappa shape index (κ2) is 8.34. The van der Waals surface area contributed by atoms with E-state index in [-0.39, 0.29) is 11.2 Å². The summed E-state index contributed by atoms with van der Waals surface area (Å²) in [4.78, 5) is 6.82. The van der Waals surface area contributed by atoms with Gasteiger partial charge in [-0.1, -0.05) is 26.0 Å². The van der Waals surface area contributed by atoms with Gasteiger partial charge in [-0.15, -0.1) is 11.3 Å². The van der Waals surface area contributed by atoms with Crippen molar-refractivity contribution < 1.29 is 5.11 Å². The van der Waals surface area contributed by atoms with Gasteiger partial charge in [0.15, 0.2) is 0 Å². The Morgan fingerprint density at radius 2 is 1.85 bits per heavy atom. The lowest BCUT2D eigenvalue weighted by Crippen LogP contribution is -2.53. The van der Waals surface area contributed by atoms with Crippen LogP contribution in [0.15, 0.2) is 64.6 Å². The molecule has 0 saturated heterocycles. The minimum atomic E-state index is 0.258. The number of anilines is 2. The molecule has 0 amide bonds. The second-order valence-electron chi connectivity index (χ2n) is 9.86. The van der Waals surface area contributed by atoms with Crippen molar-refractivity contribution in [3.8, 4) is 17.0 Å². The molecule has 3 aliphatic rings. The Kier molecular flexibility index (Phi) is 5.49. The third kappa shape index (κ3) is 4.15. The standard InChI is InChI=1S/C27H30N4OS/c1-27(2)20-14-19(13-17-5-9-21(10-6-17)31(3)4)25(23(27)15-20)29-30-26-28-24(16-33-26)18-7-11-22(32)12-8-18/h5-13,16,20,23,32H,14-15H2,1-4H3,(H,28,30). The fourth-order valence-electron chi connectivity index (χ4n) is 4.97. The normalized spacial score (nSPS) is 23.4.